The minimum Gasteiger partial charge on any atom is -0.339 e. The molecule has 0 spiro atoms. The Bertz CT molecular complexity index is 689. The first-order valence-corrected chi connectivity index (χ1v) is 8.19. The molecule has 0 radical (unpaired) electrons. The van der Waals surface area contributed by atoms with Crippen molar-refractivity contribution in [3.63, 3.8) is 0 Å². The molecule has 23 heavy (non-hydrogen) atoms. The molecule has 0 saturated carbocycles. The van der Waals surface area contributed by atoms with E-state index in [-0.39, 0.29) is 12.5 Å². The van der Waals surface area contributed by atoms with Crippen molar-refractivity contribution >= 4 is 5.91 Å². The summed E-state index contributed by atoms with van der Waals surface area (Å²) < 4.78 is 0. The number of nitrogens with two attached hydrogens (primary N) is 1. The van der Waals surface area contributed by atoms with Crippen molar-refractivity contribution in [2.24, 2.45) is 5.73 Å². The highest BCUT2D eigenvalue weighted by Gasteiger charge is 2.34. The summed E-state index contributed by atoms with van der Waals surface area (Å²) in [5, 5.41) is 0. The molecule has 1 heterocycles. The number of rotatable bonds is 2. The van der Waals surface area contributed by atoms with E-state index in [1.165, 1.54) is 22.3 Å². The Morgan fingerprint density at radius 1 is 0.913 bits per heavy atom. The van der Waals surface area contributed by atoms with Crippen LogP contribution in [0.5, 0.6) is 0 Å². The van der Waals surface area contributed by atoms with Gasteiger partial charge in [0.1, 0.15) is 0 Å². The Morgan fingerprint density at radius 3 is 1.96 bits per heavy atom. The monoisotopic (exact) mass is 307 g/mol. The third-order valence-corrected chi connectivity index (χ3v) is 5.01. The zero-order valence-corrected chi connectivity index (χ0v) is 13.1. The van der Waals surface area contributed by atoms with Gasteiger partial charge in [0.2, 0.25) is 5.91 Å². The molecule has 0 aromatic heterocycles. The van der Waals surface area contributed by atoms with E-state index in [0.717, 1.165) is 26.2 Å². The van der Waals surface area contributed by atoms with Gasteiger partial charge in [0.25, 0.3) is 0 Å². The Morgan fingerprint density at radius 2 is 1.43 bits per heavy atom. The van der Waals surface area contributed by atoms with Gasteiger partial charge in [-0.25, -0.2) is 0 Å². The second kappa shape index (κ2) is 5.80. The van der Waals surface area contributed by atoms with Crippen LogP contribution in [0.15, 0.2) is 48.5 Å². The third kappa shape index (κ3) is 2.35. The number of hydrogen-bond acceptors (Lipinski definition) is 3. The molecule has 4 nitrogen and oxygen atoms in total. The Kier molecular flexibility index (Phi) is 3.63. The van der Waals surface area contributed by atoms with Crippen molar-refractivity contribution in [3.8, 4) is 11.1 Å². The maximum absolute atomic E-state index is 11.8. The third-order valence-electron chi connectivity index (χ3n) is 5.01. The van der Waals surface area contributed by atoms with E-state index in [9.17, 15) is 4.79 Å². The molecular formula is C19H21N3O. The molecule has 2 aromatic rings. The average Bonchev–Trinajstić information content (AvgIpc) is 2.96. The van der Waals surface area contributed by atoms with Crippen LogP contribution in [0.1, 0.15) is 17.2 Å². The molecule has 4 heteroatoms. The van der Waals surface area contributed by atoms with Gasteiger partial charge in [0.05, 0.1) is 12.6 Å². The first kappa shape index (κ1) is 14.4. The van der Waals surface area contributed by atoms with Gasteiger partial charge in [-0.3, -0.25) is 9.69 Å². The van der Waals surface area contributed by atoms with Gasteiger partial charge < -0.3 is 10.6 Å². The normalized spacial score (nSPS) is 17.9. The number of nitrogens with zero attached hydrogens (tertiary/aromatic N) is 2. The van der Waals surface area contributed by atoms with Crippen LogP contribution in [-0.2, 0) is 4.79 Å². The van der Waals surface area contributed by atoms with Crippen LogP contribution >= 0.6 is 0 Å². The van der Waals surface area contributed by atoms with Crippen LogP contribution in [0.3, 0.4) is 0 Å². The second-order valence-corrected chi connectivity index (χ2v) is 6.20. The number of fused-ring (bicyclic) bond motifs is 3. The number of benzene rings is 2. The van der Waals surface area contributed by atoms with E-state index in [2.05, 4.69) is 53.4 Å². The van der Waals surface area contributed by atoms with Crippen LogP contribution in [0.25, 0.3) is 11.1 Å². The number of amides is 1. The predicted molar refractivity (Wildman–Crippen MR) is 90.9 cm³/mol. The van der Waals surface area contributed by atoms with E-state index in [1.54, 1.807) is 0 Å². The fourth-order valence-corrected chi connectivity index (χ4v) is 3.88. The molecular weight excluding hydrogens is 286 g/mol. The summed E-state index contributed by atoms with van der Waals surface area (Å²) in [6.45, 7) is 3.40. The lowest BCUT2D eigenvalue weighted by molar-refractivity contribution is -0.131. The Labute approximate surface area is 136 Å². The SMILES string of the molecule is NCC(=O)N1CCN(C2c3ccccc3-c3ccccc32)CC1. The molecule has 118 valence electrons. The van der Waals surface area contributed by atoms with E-state index in [1.807, 2.05) is 4.90 Å². The highest BCUT2D eigenvalue weighted by molar-refractivity contribution is 5.79. The molecule has 2 aliphatic rings. The average molecular weight is 307 g/mol. The van der Waals surface area contributed by atoms with Crippen molar-refractivity contribution in [2.45, 2.75) is 6.04 Å². The predicted octanol–water partition coefficient (Wildman–Crippen LogP) is 1.86. The minimum absolute atomic E-state index is 0.0527. The smallest absolute Gasteiger partial charge is 0.236 e. The fraction of sp³-hybridized carbons (Fsp3) is 0.316. The lowest BCUT2D eigenvalue weighted by Crippen LogP contribution is -2.51. The van der Waals surface area contributed by atoms with Gasteiger partial charge in [-0.1, -0.05) is 48.5 Å². The molecule has 2 aromatic carbocycles. The summed E-state index contributed by atoms with van der Waals surface area (Å²) in [7, 11) is 0. The van der Waals surface area contributed by atoms with Crippen molar-refractivity contribution in [1.82, 2.24) is 9.80 Å². The second-order valence-electron chi connectivity index (χ2n) is 6.20. The summed E-state index contributed by atoms with van der Waals surface area (Å²) in [5.74, 6) is 0.0527. The van der Waals surface area contributed by atoms with Crippen LogP contribution in [0.2, 0.25) is 0 Å². The topological polar surface area (TPSA) is 49.6 Å². The zero-order valence-electron chi connectivity index (χ0n) is 13.1. The molecule has 0 unspecified atom stereocenters. The fourth-order valence-electron chi connectivity index (χ4n) is 3.88. The van der Waals surface area contributed by atoms with Gasteiger partial charge in [0.15, 0.2) is 0 Å². The van der Waals surface area contributed by atoms with Crippen molar-refractivity contribution in [1.29, 1.82) is 0 Å². The lowest BCUT2D eigenvalue weighted by atomic mass is 10.0. The minimum atomic E-state index is 0.0527. The molecule has 1 amide bonds. The van der Waals surface area contributed by atoms with Crippen LogP contribution in [0, 0.1) is 0 Å². The summed E-state index contributed by atoms with van der Waals surface area (Å²) in [6, 6.07) is 17.6. The molecule has 0 bridgehead atoms. The van der Waals surface area contributed by atoms with E-state index in [0.29, 0.717) is 6.04 Å². The summed E-state index contributed by atoms with van der Waals surface area (Å²) in [5.41, 5.74) is 10.9. The van der Waals surface area contributed by atoms with Crippen LogP contribution in [0.4, 0.5) is 0 Å². The quantitative estimate of drug-likeness (QED) is 0.921. The summed E-state index contributed by atoms with van der Waals surface area (Å²) >= 11 is 0. The molecule has 2 N–H and O–H groups in total. The van der Waals surface area contributed by atoms with E-state index < -0.39 is 0 Å². The van der Waals surface area contributed by atoms with Crippen molar-refractivity contribution < 1.29 is 4.79 Å². The standard InChI is InChI=1S/C19H21N3O/c20-13-18(23)21-9-11-22(12-10-21)19-16-7-3-1-5-14(16)15-6-2-4-8-17(15)19/h1-8,19H,9-13,20H2. The molecule has 1 fully saturated rings. The lowest BCUT2D eigenvalue weighted by Gasteiger charge is -2.38. The first-order chi connectivity index (χ1) is 11.3. The van der Waals surface area contributed by atoms with Crippen LogP contribution < -0.4 is 5.73 Å². The first-order valence-electron chi connectivity index (χ1n) is 8.19. The molecule has 0 atom stereocenters. The summed E-state index contributed by atoms with van der Waals surface area (Å²) in [4.78, 5) is 16.1. The van der Waals surface area contributed by atoms with Crippen LogP contribution in [-0.4, -0.2) is 48.4 Å². The van der Waals surface area contributed by atoms with E-state index in [4.69, 9.17) is 5.73 Å². The largest absolute Gasteiger partial charge is 0.339 e. The number of carbonyl (C=O) groups excluding carboxylic acids is 1. The maximum Gasteiger partial charge on any atom is 0.236 e. The van der Waals surface area contributed by atoms with E-state index >= 15 is 0 Å². The molecule has 4 rings (SSSR count). The summed E-state index contributed by atoms with van der Waals surface area (Å²) in [6.07, 6.45) is 0. The number of piperazine rings is 1. The number of carbonyl (C=O) groups is 1. The van der Waals surface area contributed by atoms with Gasteiger partial charge >= 0.3 is 0 Å². The van der Waals surface area contributed by atoms with Gasteiger partial charge in [-0.2, -0.15) is 0 Å². The number of hydrogen-bond donors (Lipinski definition) is 1. The van der Waals surface area contributed by atoms with Gasteiger partial charge in [-0.15, -0.1) is 0 Å². The molecule has 1 aliphatic heterocycles. The highest BCUT2D eigenvalue weighted by Crippen LogP contribution is 2.46. The molecule has 1 aliphatic carbocycles. The highest BCUT2D eigenvalue weighted by atomic mass is 16.2. The maximum atomic E-state index is 11.8. The Hall–Kier alpha value is -2.17. The van der Waals surface area contributed by atoms with Gasteiger partial charge in [-0.05, 0) is 22.3 Å². The molecule has 1 saturated heterocycles. The van der Waals surface area contributed by atoms with Gasteiger partial charge in [0, 0.05) is 26.2 Å². The van der Waals surface area contributed by atoms with Crippen molar-refractivity contribution in [2.75, 3.05) is 32.7 Å². The Balaban J connectivity index is 1.64. The van der Waals surface area contributed by atoms with Crippen molar-refractivity contribution in [3.05, 3.63) is 59.7 Å². The zero-order chi connectivity index (χ0) is 15.8.